The van der Waals surface area contributed by atoms with Crippen LogP contribution < -0.4 is 11.3 Å². The Balaban J connectivity index is 1.78. The van der Waals surface area contributed by atoms with Gasteiger partial charge < -0.3 is 5.43 Å². The highest BCUT2D eigenvalue weighted by Gasteiger charge is 2.10. The van der Waals surface area contributed by atoms with E-state index < -0.39 is 4.92 Å². The number of aromatic nitrogens is 4. The number of benzene rings is 1. The topological polar surface area (TPSA) is 124 Å². The smallest absolute Gasteiger partial charge is 0.269 e. The van der Waals surface area contributed by atoms with Crippen molar-refractivity contribution < 1.29 is 4.92 Å². The quantitative estimate of drug-likeness (QED) is 0.314. The molecule has 3 aromatic rings. The molecule has 0 saturated carbocycles. The van der Waals surface area contributed by atoms with E-state index in [0.29, 0.717) is 22.5 Å². The average molecular weight is 331 g/mol. The summed E-state index contributed by atoms with van der Waals surface area (Å²) in [7, 11) is 0. The number of anilines is 1. The van der Waals surface area contributed by atoms with Gasteiger partial charge in [0.05, 0.1) is 4.92 Å². The Hall–Kier alpha value is -2.72. The molecule has 0 fully saturated rings. The van der Waals surface area contributed by atoms with Gasteiger partial charge in [0, 0.05) is 29.6 Å². The maximum Gasteiger partial charge on any atom is 0.269 e. The first kappa shape index (κ1) is 15.2. The summed E-state index contributed by atoms with van der Waals surface area (Å²) in [5.41, 5.74) is 4.36. The third-order valence-electron chi connectivity index (χ3n) is 3.08. The highest BCUT2D eigenvalue weighted by atomic mass is 32.2. The average Bonchev–Trinajstić information content (AvgIpc) is 2.95. The van der Waals surface area contributed by atoms with Crippen molar-refractivity contribution in [1.29, 1.82) is 0 Å². The lowest BCUT2D eigenvalue weighted by molar-refractivity contribution is -0.384. The first-order valence-electron chi connectivity index (χ1n) is 6.64. The molecule has 0 bridgehead atoms. The van der Waals surface area contributed by atoms with Crippen molar-refractivity contribution >= 4 is 29.0 Å². The van der Waals surface area contributed by atoms with Crippen LogP contribution in [0.25, 0.3) is 5.78 Å². The van der Waals surface area contributed by atoms with Crippen molar-refractivity contribution in [2.24, 2.45) is 5.84 Å². The van der Waals surface area contributed by atoms with Gasteiger partial charge in [-0.1, -0.05) is 23.9 Å². The molecule has 3 N–H and O–H groups in total. The van der Waals surface area contributed by atoms with Crippen LogP contribution >= 0.6 is 11.8 Å². The third-order valence-corrected chi connectivity index (χ3v) is 3.99. The molecule has 0 atom stereocenters. The van der Waals surface area contributed by atoms with E-state index in [4.69, 9.17) is 5.84 Å². The Labute approximate surface area is 135 Å². The third kappa shape index (κ3) is 3.22. The Bertz CT molecular complexity index is 863. The highest BCUT2D eigenvalue weighted by Crippen LogP contribution is 2.22. The van der Waals surface area contributed by atoms with Crippen LogP contribution in [0.15, 0.2) is 35.5 Å². The summed E-state index contributed by atoms with van der Waals surface area (Å²) in [6, 6.07) is 8.17. The van der Waals surface area contributed by atoms with Gasteiger partial charge in [-0.05, 0) is 12.5 Å². The van der Waals surface area contributed by atoms with Gasteiger partial charge in [0.25, 0.3) is 11.5 Å². The lowest BCUT2D eigenvalue weighted by atomic mass is 10.2. The van der Waals surface area contributed by atoms with Crippen LogP contribution in [0.4, 0.5) is 11.5 Å². The number of nitro groups is 1. The zero-order valence-electron chi connectivity index (χ0n) is 12.1. The number of nitrogens with two attached hydrogens (primary N) is 1. The van der Waals surface area contributed by atoms with Gasteiger partial charge in [-0.3, -0.25) is 10.1 Å². The molecular weight excluding hydrogens is 318 g/mol. The van der Waals surface area contributed by atoms with E-state index in [1.54, 1.807) is 18.2 Å². The van der Waals surface area contributed by atoms with Crippen molar-refractivity contribution in [3.8, 4) is 0 Å². The van der Waals surface area contributed by atoms with E-state index in [2.05, 4.69) is 20.5 Å². The molecule has 2 aromatic heterocycles. The van der Waals surface area contributed by atoms with Gasteiger partial charge in [0.15, 0.2) is 0 Å². The largest absolute Gasteiger partial charge is 0.308 e. The summed E-state index contributed by atoms with van der Waals surface area (Å²) in [5.74, 6) is 7.13. The summed E-state index contributed by atoms with van der Waals surface area (Å²) < 4.78 is 1.53. The summed E-state index contributed by atoms with van der Waals surface area (Å²) in [5, 5.41) is 15.5. The Morgan fingerprint density at radius 3 is 2.74 bits per heavy atom. The fourth-order valence-electron chi connectivity index (χ4n) is 1.99. The first-order chi connectivity index (χ1) is 11.1. The van der Waals surface area contributed by atoms with Gasteiger partial charge in [-0.25, -0.2) is 10.8 Å². The second-order valence-corrected chi connectivity index (χ2v) is 5.69. The molecule has 0 unspecified atom stereocenters. The number of nitro benzene ring substituents is 1. The molecule has 0 amide bonds. The number of nitrogens with zero attached hydrogens (tertiary/aromatic N) is 5. The van der Waals surface area contributed by atoms with E-state index in [1.165, 1.54) is 28.4 Å². The van der Waals surface area contributed by atoms with E-state index in [-0.39, 0.29) is 5.69 Å². The van der Waals surface area contributed by atoms with Crippen molar-refractivity contribution in [2.75, 3.05) is 5.43 Å². The van der Waals surface area contributed by atoms with Crippen LogP contribution in [-0.4, -0.2) is 24.5 Å². The Morgan fingerprint density at radius 1 is 1.35 bits per heavy atom. The zero-order chi connectivity index (χ0) is 16.4. The number of nitrogens with one attached hydrogen (secondary N) is 1. The normalized spacial score (nSPS) is 10.9. The molecule has 0 aliphatic heterocycles. The number of aryl methyl sites for hydroxylation is 1. The Kier molecular flexibility index (Phi) is 4.08. The van der Waals surface area contributed by atoms with Crippen molar-refractivity contribution in [3.05, 3.63) is 51.7 Å². The number of rotatable bonds is 5. The molecule has 23 heavy (non-hydrogen) atoms. The predicted molar refractivity (Wildman–Crippen MR) is 86.0 cm³/mol. The van der Waals surface area contributed by atoms with Gasteiger partial charge in [0.1, 0.15) is 5.82 Å². The summed E-state index contributed by atoms with van der Waals surface area (Å²) in [6.07, 6.45) is 0. The fraction of sp³-hybridized carbons (Fsp3) is 0.154. The Morgan fingerprint density at radius 2 is 2.09 bits per heavy atom. The molecule has 0 aliphatic rings. The molecule has 0 saturated heterocycles. The lowest BCUT2D eigenvalue weighted by Crippen LogP contribution is -2.12. The first-order valence-corrected chi connectivity index (χ1v) is 7.62. The van der Waals surface area contributed by atoms with Crippen LogP contribution in [0.5, 0.6) is 0 Å². The minimum Gasteiger partial charge on any atom is -0.308 e. The number of nitrogen functional groups attached to an aromatic ring is 1. The maximum absolute atomic E-state index is 10.6. The van der Waals surface area contributed by atoms with Crippen molar-refractivity contribution in [3.63, 3.8) is 0 Å². The van der Waals surface area contributed by atoms with Crippen LogP contribution in [-0.2, 0) is 5.75 Å². The predicted octanol–water partition coefficient (Wildman–Crippen LogP) is 1.92. The van der Waals surface area contributed by atoms with Crippen LogP contribution in [0.3, 0.4) is 0 Å². The maximum atomic E-state index is 10.6. The molecule has 0 spiro atoms. The fourth-order valence-corrected chi connectivity index (χ4v) is 2.77. The van der Waals surface area contributed by atoms with Crippen molar-refractivity contribution in [1.82, 2.24) is 19.6 Å². The van der Waals surface area contributed by atoms with Gasteiger partial charge in [0.2, 0.25) is 5.16 Å². The SMILES string of the molecule is Cc1cc(NN)n2nc(SCc3ccc([N+](=O)[O-])cc3)nc2n1. The van der Waals surface area contributed by atoms with Crippen LogP contribution in [0.2, 0.25) is 0 Å². The summed E-state index contributed by atoms with van der Waals surface area (Å²) >= 11 is 1.42. The van der Waals surface area contributed by atoms with E-state index in [9.17, 15) is 10.1 Å². The zero-order valence-corrected chi connectivity index (χ0v) is 12.9. The number of fused-ring (bicyclic) bond motifs is 1. The lowest BCUT2D eigenvalue weighted by Gasteiger charge is -2.02. The second kappa shape index (κ2) is 6.18. The molecule has 1 aromatic carbocycles. The number of non-ortho nitro benzene ring substituents is 1. The minimum absolute atomic E-state index is 0.0722. The number of hydrazine groups is 1. The molecular formula is C13H13N7O2S. The van der Waals surface area contributed by atoms with Crippen LogP contribution in [0.1, 0.15) is 11.3 Å². The van der Waals surface area contributed by atoms with E-state index in [0.717, 1.165) is 11.3 Å². The van der Waals surface area contributed by atoms with Crippen molar-refractivity contribution in [2.45, 2.75) is 17.8 Å². The second-order valence-electron chi connectivity index (χ2n) is 4.75. The minimum atomic E-state index is -0.421. The monoisotopic (exact) mass is 331 g/mol. The molecule has 9 nitrogen and oxygen atoms in total. The van der Waals surface area contributed by atoms with Gasteiger partial charge >= 0.3 is 0 Å². The standard InChI is InChI=1S/C13H13N7O2S/c1-8-6-11(17-14)19-12(15-8)16-13(18-19)23-7-9-2-4-10(5-3-9)20(21)22/h2-6,17H,7,14H2,1H3. The van der Waals surface area contributed by atoms with E-state index >= 15 is 0 Å². The van der Waals surface area contributed by atoms with E-state index in [1.807, 2.05) is 6.92 Å². The molecule has 2 heterocycles. The highest BCUT2D eigenvalue weighted by molar-refractivity contribution is 7.98. The summed E-state index contributed by atoms with van der Waals surface area (Å²) in [6.45, 7) is 1.85. The number of hydrogen-bond donors (Lipinski definition) is 2. The molecule has 118 valence electrons. The molecule has 3 rings (SSSR count). The molecule has 0 radical (unpaired) electrons. The number of thioether (sulfide) groups is 1. The van der Waals surface area contributed by atoms with Gasteiger partial charge in [-0.15, -0.1) is 5.10 Å². The number of hydrogen-bond acceptors (Lipinski definition) is 8. The molecule has 0 aliphatic carbocycles. The summed E-state index contributed by atoms with van der Waals surface area (Å²) in [4.78, 5) is 18.9. The van der Waals surface area contributed by atoms with Gasteiger partial charge in [-0.2, -0.15) is 9.50 Å². The molecule has 10 heteroatoms. The van der Waals surface area contributed by atoms with Crippen LogP contribution in [0, 0.1) is 17.0 Å².